The van der Waals surface area contributed by atoms with Gasteiger partial charge in [0.05, 0.1) is 0 Å². The zero-order valence-electron chi connectivity index (χ0n) is 13.3. The van der Waals surface area contributed by atoms with Gasteiger partial charge in [-0.25, -0.2) is 0 Å². The fourth-order valence-electron chi connectivity index (χ4n) is 3.53. The first-order valence-corrected chi connectivity index (χ1v) is 9.32. The van der Waals surface area contributed by atoms with Gasteiger partial charge in [0.2, 0.25) is 5.91 Å². The van der Waals surface area contributed by atoms with Crippen molar-refractivity contribution in [1.82, 2.24) is 5.32 Å². The topological polar surface area (TPSA) is 29.1 Å². The highest BCUT2D eigenvalue weighted by Crippen LogP contribution is 2.48. The van der Waals surface area contributed by atoms with Gasteiger partial charge in [0, 0.05) is 17.8 Å². The van der Waals surface area contributed by atoms with Crippen molar-refractivity contribution in [1.29, 1.82) is 0 Å². The number of halogens is 1. The van der Waals surface area contributed by atoms with Gasteiger partial charge in [-0.2, -0.15) is 0 Å². The Morgan fingerprint density at radius 3 is 2.25 bits per heavy atom. The molecule has 1 N–H and O–H groups in total. The van der Waals surface area contributed by atoms with Gasteiger partial charge in [-0.15, -0.1) is 0 Å². The highest BCUT2D eigenvalue weighted by molar-refractivity contribution is 9.09. The molecule has 0 heterocycles. The molecule has 2 aliphatic carbocycles. The minimum atomic E-state index is 0.272. The van der Waals surface area contributed by atoms with Crippen molar-refractivity contribution in [2.75, 3.05) is 11.9 Å². The number of alkyl halides is 1. The molecule has 0 aromatic heterocycles. The average molecular weight is 344 g/mol. The van der Waals surface area contributed by atoms with Crippen LogP contribution in [0.3, 0.4) is 0 Å². The van der Waals surface area contributed by atoms with Crippen molar-refractivity contribution in [3.8, 4) is 0 Å². The fourth-order valence-corrected chi connectivity index (χ4v) is 4.37. The smallest absolute Gasteiger partial charge is 0.223 e. The third-order valence-corrected chi connectivity index (χ3v) is 5.94. The van der Waals surface area contributed by atoms with Gasteiger partial charge in [-0.3, -0.25) is 4.79 Å². The van der Waals surface area contributed by atoms with Crippen molar-refractivity contribution >= 4 is 21.8 Å². The molecule has 0 spiro atoms. The van der Waals surface area contributed by atoms with Crippen molar-refractivity contribution in [2.24, 2.45) is 22.7 Å². The molecule has 0 radical (unpaired) electrons. The van der Waals surface area contributed by atoms with Crippen LogP contribution in [0.5, 0.6) is 0 Å². The Bertz CT molecular complexity index is 335. The molecule has 2 saturated carbocycles. The maximum absolute atomic E-state index is 12.3. The van der Waals surface area contributed by atoms with Crippen LogP contribution in [-0.2, 0) is 4.79 Å². The summed E-state index contributed by atoms with van der Waals surface area (Å²) in [6.07, 6.45) is 8.37. The monoisotopic (exact) mass is 343 g/mol. The van der Waals surface area contributed by atoms with E-state index in [4.69, 9.17) is 0 Å². The molecule has 2 fully saturated rings. The molecular formula is C17H30BrNO. The van der Waals surface area contributed by atoms with E-state index in [-0.39, 0.29) is 5.92 Å². The van der Waals surface area contributed by atoms with Crippen LogP contribution in [0.15, 0.2) is 0 Å². The molecule has 2 nitrogen and oxygen atoms in total. The summed E-state index contributed by atoms with van der Waals surface area (Å²) < 4.78 is 0. The minimum Gasteiger partial charge on any atom is -0.355 e. The van der Waals surface area contributed by atoms with Crippen LogP contribution in [0.25, 0.3) is 0 Å². The Kier molecular flexibility index (Phi) is 5.20. The molecule has 20 heavy (non-hydrogen) atoms. The van der Waals surface area contributed by atoms with Crippen LogP contribution in [0.2, 0.25) is 0 Å². The van der Waals surface area contributed by atoms with Crippen LogP contribution in [0.1, 0.15) is 65.7 Å². The Hall–Kier alpha value is -0.0500. The van der Waals surface area contributed by atoms with Crippen molar-refractivity contribution in [3.63, 3.8) is 0 Å². The fraction of sp³-hybridized carbons (Fsp3) is 0.941. The number of hydrogen-bond donors (Lipinski definition) is 1. The lowest BCUT2D eigenvalue weighted by atomic mass is 9.69. The van der Waals surface area contributed by atoms with Crippen molar-refractivity contribution < 1.29 is 4.79 Å². The lowest BCUT2D eigenvalue weighted by Gasteiger charge is -2.36. The van der Waals surface area contributed by atoms with E-state index in [0.717, 1.165) is 30.6 Å². The van der Waals surface area contributed by atoms with Gasteiger partial charge in [0.25, 0.3) is 0 Å². The van der Waals surface area contributed by atoms with Crippen molar-refractivity contribution in [2.45, 2.75) is 65.7 Å². The number of carbonyl (C=O) groups excluding carboxylic acids is 1. The summed E-state index contributed by atoms with van der Waals surface area (Å²) in [4.78, 5) is 12.3. The molecule has 0 unspecified atom stereocenters. The summed E-state index contributed by atoms with van der Waals surface area (Å²) in [7, 11) is 0. The minimum absolute atomic E-state index is 0.272. The first-order chi connectivity index (χ1) is 9.36. The molecule has 1 amide bonds. The molecule has 0 atom stereocenters. The predicted octanol–water partition coefficient (Wildman–Crippen LogP) is 4.52. The summed E-state index contributed by atoms with van der Waals surface area (Å²) in [6, 6.07) is 0. The largest absolute Gasteiger partial charge is 0.355 e. The maximum atomic E-state index is 12.3. The summed E-state index contributed by atoms with van der Waals surface area (Å²) in [6.45, 7) is 7.89. The third kappa shape index (κ3) is 4.22. The van der Waals surface area contributed by atoms with Gasteiger partial charge in [0.15, 0.2) is 0 Å². The van der Waals surface area contributed by atoms with Gasteiger partial charge < -0.3 is 5.32 Å². The second-order valence-corrected chi connectivity index (χ2v) is 8.86. The SMILES string of the molecule is CC(C)(C)C1CCC(C(=O)NCC2(CCBr)CC2)CC1. The molecule has 2 aliphatic rings. The normalized spacial score (nSPS) is 29.0. The zero-order valence-corrected chi connectivity index (χ0v) is 14.9. The zero-order chi connectivity index (χ0) is 14.8. The molecule has 2 rings (SSSR count). The van der Waals surface area contributed by atoms with E-state index in [0.29, 0.717) is 16.7 Å². The summed E-state index contributed by atoms with van der Waals surface area (Å²) in [5.41, 5.74) is 0.831. The number of nitrogens with one attached hydrogen (secondary N) is 1. The predicted molar refractivity (Wildman–Crippen MR) is 88.0 cm³/mol. The highest BCUT2D eigenvalue weighted by atomic mass is 79.9. The quantitative estimate of drug-likeness (QED) is 0.730. The van der Waals surface area contributed by atoms with Gasteiger partial charge in [0.1, 0.15) is 0 Å². The standard InChI is InChI=1S/C17H30BrNO/c1-16(2,3)14-6-4-13(5-7-14)15(20)19-12-17(8-9-17)10-11-18/h13-14H,4-12H2,1-3H3,(H,19,20). The molecule has 0 aromatic carbocycles. The number of hydrogen-bond acceptors (Lipinski definition) is 1. The van der Waals surface area contributed by atoms with Crippen LogP contribution >= 0.6 is 15.9 Å². The van der Waals surface area contributed by atoms with E-state index < -0.39 is 0 Å². The third-order valence-electron chi connectivity index (χ3n) is 5.54. The first kappa shape index (κ1) is 16.3. The molecule has 0 bridgehead atoms. The van der Waals surface area contributed by atoms with Crippen LogP contribution in [0, 0.1) is 22.7 Å². The lowest BCUT2D eigenvalue weighted by molar-refractivity contribution is -0.126. The number of amides is 1. The van der Waals surface area contributed by atoms with Crippen molar-refractivity contribution in [3.05, 3.63) is 0 Å². The molecule has 116 valence electrons. The summed E-state index contributed by atoms with van der Waals surface area (Å²) in [5, 5.41) is 4.29. The van der Waals surface area contributed by atoms with E-state index in [1.165, 1.54) is 32.1 Å². The van der Waals surface area contributed by atoms with E-state index in [9.17, 15) is 4.79 Å². The average Bonchev–Trinajstić information content (AvgIpc) is 3.16. The van der Waals surface area contributed by atoms with Crippen LogP contribution < -0.4 is 5.32 Å². The Labute approximate surface area is 132 Å². The summed E-state index contributed by atoms with van der Waals surface area (Å²) >= 11 is 3.52. The highest BCUT2D eigenvalue weighted by Gasteiger charge is 2.42. The van der Waals surface area contributed by atoms with Gasteiger partial charge >= 0.3 is 0 Å². The molecule has 3 heteroatoms. The Morgan fingerprint density at radius 2 is 1.80 bits per heavy atom. The van der Waals surface area contributed by atoms with Crippen LogP contribution in [0.4, 0.5) is 0 Å². The van der Waals surface area contributed by atoms with Crippen LogP contribution in [-0.4, -0.2) is 17.8 Å². The first-order valence-electron chi connectivity index (χ1n) is 8.20. The summed E-state index contributed by atoms with van der Waals surface area (Å²) in [5.74, 6) is 1.38. The number of rotatable bonds is 5. The molecule has 0 saturated heterocycles. The number of carbonyl (C=O) groups is 1. The van der Waals surface area contributed by atoms with E-state index in [1.54, 1.807) is 0 Å². The molecule has 0 aliphatic heterocycles. The van der Waals surface area contributed by atoms with E-state index in [2.05, 4.69) is 42.0 Å². The maximum Gasteiger partial charge on any atom is 0.223 e. The second kappa shape index (κ2) is 6.37. The van der Waals surface area contributed by atoms with E-state index in [1.807, 2.05) is 0 Å². The van der Waals surface area contributed by atoms with Gasteiger partial charge in [-0.1, -0.05) is 36.7 Å². The van der Waals surface area contributed by atoms with Gasteiger partial charge in [-0.05, 0) is 61.7 Å². The molecule has 0 aromatic rings. The molecular weight excluding hydrogens is 314 g/mol. The Balaban J connectivity index is 1.72. The Morgan fingerprint density at radius 1 is 1.20 bits per heavy atom. The van der Waals surface area contributed by atoms with E-state index >= 15 is 0 Å². The lowest BCUT2D eigenvalue weighted by Crippen LogP contribution is -2.38. The second-order valence-electron chi connectivity index (χ2n) is 8.07.